The highest BCUT2D eigenvalue weighted by molar-refractivity contribution is 5.79. The second-order valence-electron chi connectivity index (χ2n) is 4.77. The predicted molar refractivity (Wildman–Crippen MR) is 70.8 cm³/mol. The van der Waals surface area contributed by atoms with Crippen LogP contribution in [0.2, 0.25) is 0 Å². The number of methoxy groups -OCH3 is 1. The average molecular weight is 243 g/mol. The van der Waals surface area contributed by atoms with Crippen LogP contribution in [0, 0.1) is 5.92 Å². The molecule has 18 heavy (non-hydrogen) atoms. The maximum absolute atomic E-state index is 5.20. The number of ether oxygens (including phenoxy) is 1. The highest BCUT2D eigenvalue weighted by Crippen LogP contribution is 2.20. The van der Waals surface area contributed by atoms with Crippen molar-refractivity contribution in [1.29, 1.82) is 0 Å². The Kier molecular flexibility index (Phi) is 3.11. The maximum Gasteiger partial charge on any atom is 0.129 e. The van der Waals surface area contributed by atoms with Crippen LogP contribution in [-0.4, -0.2) is 30.2 Å². The summed E-state index contributed by atoms with van der Waals surface area (Å²) in [6.07, 6.45) is 4.08. The van der Waals surface area contributed by atoms with E-state index in [2.05, 4.69) is 15.3 Å². The molecule has 1 saturated heterocycles. The lowest BCUT2D eigenvalue weighted by atomic mass is 10.0. The van der Waals surface area contributed by atoms with Gasteiger partial charge in [0.15, 0.2) is 0 Å². The van der Waals surface area contributed by atoms with Gasteiger partial charge in [0, 0.05) is 18.0 Å². The Bertz CT molecular complexity index is 550. The van der Waals surface area contributed by atoms with Crippen LogP contribution < -0.4 is 10.1 Å². The van der Waals surface area contributed by atoms with E-state index in [1.165, 1.54) is 6.42 Å². The number of nitrogens with one attached hydrogen (secondary N) is 1. The molecule has 0 spiro atoms. The highest BCUT2D eigenvalue weighted by Gasteiger charge is 2.16. The summed E-state index contributed by atoms with van der Waals surface area (Å²) in [5, 5.41) is 4.40. The number of benzene rings is 1. The van der Waals surface area contributed by atoms with Crippen molar-refractivity contribution in [2.75, 3.05) is 20.2 Å². The van der Waals surface area contributed by atoms with Crippen molar-refractivity contribution >= 4 is 10.9 Å². The summed E-state index contributed by atoms with van der Waals surface area (Å²) in [7, 11) is 1.67. The Labute approximate surface area is 106 Å². The molecule has 4 nitrogen and oxygen atoms in total. The molecule has 0 radical (unpaired) electrons. The molecule has 0 aliphatic carbocycles. The number of hydrogen-bond acceptors (Lipinski definition) is 4. The molecule has 1 aliphatic heterocycles. The smallest absolute Gasteiger partial charge is 0.129 e. The summed E-state index contributed by atoms with van der Waals surface area (Å²) in [5.41, 5.74) is 0.992. The van der Waals surface area contributed by atoms with Crippen LogP contribution in [-0.2, 0) is 6.42 Å². The SMILES string of the molecule is COc1ccc2nc(CC3CCNC3)ncc2c1. The van der Waals surface area contributed by atoms with Crippen LogP contribution in [0.1, 0.15) is 12.2 Å². The lowest BCUT2D eigenvalue weighted by Gasteiger charge is -2.08. The zero-order valence-electron chi connectivity index (χ0n) is 10.5. The Morgan fingerprint density at radius 1 is 1.44 bits per heavy atom. The normalized spacial score (nSPS) is 19.3. The Morgan fingerprint density at radius 3 is 3.17 bits per heavy atom. The van der Waals surface area contributed by atoms with E-state index in [1.54, 1.807) is 7.11 Å². The number of nitrogens with zero attached hydrogens (tertiary/aromatic N) is 2. The van der Waals surface area contributed by atoms with E-state index in [4.69, 9.17) is 4.74 Å². The van der Waals surface area contributed by atoms with Crippen molar-refractivity contribution in [2.45, 2.75) is 12.8 Å². The van der Waals surface area contributed by atoms with Gasteiger partial charge in [0.25, 0.3) is 0 Å². The van der Waals surface area contributed by atoms with Crippen molar-refractivity contribution < 1.29 is 4.74 Å². The first-order chi connectivity index (χ1) is 8.85. The first-order valence-electron chi connectivity index (χ1n) is 6.35. The molecule has 3 rings (SSSR count). The van der Waals surface area contributed by atoms with Crippen LogP contribution in [0.25, 0.3) is 10.9 Å². The van der Waals surface area contributed by atoms with Gasteiger partial charge in [-0.25, -0.2) is 9.97 Å². The fraction of sp³-hybridized carbons (Fsp3) is 0.429. The summed E-state index contributed by atoms with van der Waals surface area (Å²) in [6.45, 7) is 2.21. The molecule has 1 fully saturated rings. The van der Waals surface area contributed by atoms with Gasteiger partial charge in [-0.15, -0.1) is 0 Å². The van der Waals surface area contributed by atoms with Gasteiger partial charge in [-0.05, 0) is 43.6 Å². The van der Waals surface area contributed by atoms with Crippen LogP contribution in [0.4, 0.5) is 0 Å². The third-order valence-corrected chi connectivity index (χ3v) is 3.47. The molecule has 1 aliphatic rings. The summed E-state index contributed by atoms with van der Waals surface area (Å²) in [5.74, 6) is 2.47. The van der Waals surface area contributed by atoms with Crippen LogP contribution >= 0.6 is 0 Å². The molecule has 0 saturated carbocycles. The van der Waals surface area contributed by atoms with E-state index in [0.717, 1.165) is 42.0 Å². The Morgan fingerprint density at radius 2 is 2.39 bits per heavy atom. The number of rotatable bonds is 3. The molecule has 0 amide bonds. The Hall–Kier alpha value is -1.68. The number of fused-ring (bicyclic) bond motifs is 1. The van der Waals surface area contributed by atoms with Gasteiger partial charge in [0.05, 0.1) is 12.6 Å². The van der Waals surface area contributed by atoms with Crippen molar-refractivity contribution in [3.05, 3.63) is 30.2 Å². The van der Waals surface area contributed by atoms with Gasteiger partial charge < -0.3 is 10.1 Å². The summed E-state index contributed by atoms with van der Waals surface area (Å²) >= 11 is 0. The largest absolute Gasteiger partial charge is 0.497 e. The lowest BCUT2D eigenvalue weighted by molar-refractivity contribution is 0.415. The predicted octanol–water partition coefficient (Wildman–Crippen LogP) is 1.79. The summed E-state index contributed by atoms with van der Waals surface area (Å²) in [6, 6.07) is 5.90. The van der Waals surface area contributed by atoms with Gasteiger partial charge in [-0.2, -0.15) is 0 Å². The van der Waals surface area contributed by atoms with Crippen molar-refractivity contribution in [3.8, 4) is 5.75 Å². The minimum atomic E-state index is 0.681. The van der Waals surface area contributed by atoms with E-state index >= 15 is 0 Å². The third-order valence-electron chi connectivity index (χ3n) is 3.47. The molecule has 1 aromatic carbocycles. The topological polar surface area (TPSA) is 47.0 Å². The fourth-order valence-electron chi connectivity index (χ4n) is 2.42. The zero-order valence-corrected chi connectivity index (χ0v) is 10.5. The van der Waals surface area contributed by atoms with Crippen molar-refractivity contribution in [2.24, 2.45) is 5.92 Å². The summed E-state index contributed by atoms with van der Waals surface area (Å²) in [4.78, 5) is 9.07. The van der Waals surface area contributed by atoms with Crippen LogP contribution in [0.15, 0.2) is 24.4 Å². The minimum Gasteiger partial charge on any atom is -0.497 e. The monoisotopic (exact) mass is 243 g/mol. The van der Waals surface area contributed by atoms with Crippen LogP contribution in [0.5, 0.6) is 5.75 Å². The standard InChI is InChI=1S/C14H17N3O/c1-18-12-2-3-13-11(7-12)9-16-14(17-13)6-10-4-5-15-8-10/h2-3,7,9-10,15H,4-6,8H2,1H3. The van der Waals surface area contributed by atoms with Crippen LogP contribution in [0.3, 0.4) is 0 Å². The molecule has 94 valence electrons. The first-order valence-corrected chi connectivity index (χ1v) is 6.35. The van der Waals surface area contributed by atoms with E-state index in [1.807, 2.05) is 24.4 Å². The Balaban J connectivity index is 1.86. The highest BCUT2D eigenvalue weighted by atomic mass is 16.5. The van der Waals surface area contributed by atoms with Gasteiger partial charge in [0.1, 0.15) is 11.6 Å². The molecule has 2 heterocycles. The van der Waals surface area contributed by atoms with Crippen molar-refractivity contribution in [3.63, 3.8) is 0 Å². The first kappa shape index (κ1) is 11.4. The molecule has 2 aromatic rings. The third kappa shape index (κ3) is 2.29. The van der Waals surface area contributed by atoms with E-state index < -0.39 is 0 Å². The lowest BCUT2D eigenvalue weighted by Crippen LogP contribution is -2.12. The number of hydrogen-bond donors (Lipinski definition) is 1. The second-order valence-corrected chi connectivity index (χ2v) is 4.77. The summed E-state index contributed by atoms with van der Waals surface area (Å²) < 4.78 is 5.20. The van der Waals surface area contributed by atoms with Gasteiger partial charge in [-0.3, -0.25) is 0 Å². The molecule has 0 bridgehead atoms. The van der Waals surface area contributed by atoms with Gasteiger partial charge in [-0.1, -0.05) is 0 Å². The molecule has 1 atom stereocenters. The van der Waals surface area contributed by atoms with Gasteiger partial charge in [0.2, 0.25) is 0 Å². The average Bonchev–Trinajstić information content (AvgIpc) is 2.91. The zero-order chi connectivity index (χ0) is 12.4. The molecule has 1 aromatic heterocycles. The van der Waals surface area contributed by atoms with E-state index in [0.29, 0.717) is 5.92 Å². The molecular weight excluding hydrogens is 226 g/mol. The number of aromatic nitrogens is 2. The fourth-order valence-corrected chi connectivity index (χ4v) is 2.42. The molecule has 1 unspecified atom stereocenters. The van der Waals surface area contributed by atoms with E-state index in [-0.39, 0.29) is 0 Å². The molecular formula is C14H17N3O. The molecule has 1 N–H and O–H groups in total. The quantitative estimate of drug-likeness (QED) is 0.892. The van der Waals surface area contributed by atoms with Crippen molar-refractivity contribution in [1.82, 2.24) is 15.3 Å². The second kappa shape index (κ2) is 4.90. The van der Waals surface area contributed by atoms with E-state index in [9.17, 15) is 0 Å². The maximum atomic E-state index is 5.20. The molecule has 4 heteroatoms. The minimum absolute atomic E-state index is 0.681. The van der Waals surface area contributed by atoms with Gasteiger partial charge >= 0.3 is 0 Å².